The van der Waals surface area contributed by atoms with E-state index in [-0.39, 0.29) is 22.4 Å². The molecule has 0 atom stereocenters. The summed E-state index contributed by atoms with van der Waals surface area (Å²) in [4.78, 5) is 0. The second kappa shape index (κ2) is 8.55. The van der Waals surface area contributed by atoms with Crippen LogP contribution in [0.1, 0.15) is 69.2 Å². The Labute approximate surface area is 150 Å². The maximum atomic E-state index is 2.40. The number of hydrogen-bond donors (Lipinski definition) is 0. The van der Waals surface area contributed by atoms with Gasteiger partial charge in [-0.2, -0.15) is 0 Å². The van der Waals surface area contributed by atoms with E-state index < -0.39 is 0 Å². The van der Waals surface area contributed by atoms with Crippen LogP contribution >= 0.6 is 0 Å². The molecule has 2 aliphatic rings. The minimum atomic E-state index is 0. The van der Waals surface area contributed by atoms with E-state index in [4.69, 9.17) is 0 Å². The summed E-state index contributed by atoms with van der Waals surface area (Å²) in [5.41, 5.74) is 0. The molecule has 0 saturated heterocycles. The van der Waals surface area contributed by atoms with Crippen LogP contribution in [0.5, 0.6) is 0 Å². The predicted molar refractivity (Wildman–Crippen MR) is 95.8 cm³/mol. The average Bonchev–Trinajstić information content (AvgIpc) is 2.71. The molecule has 0 amide bonds. The summed E-state index contributed by atoms with van der Waals surface area (Å²) in [5.74, 6) is 9.35. The van der Waals surface area contributed by atoms with E-state index in [1.54, 1.807) is 0 Å². The molecule has 21 heavy (non-hydrogen) atoms. The summed E-state index contributed by atoms with van der Waals surface area (Å²) < 4.78 is 0. The van der Waals surface area contributed by atoms with Crippen molar-refractivity contribution in [2.24, 2.45) is 59.2 Å². The summed E-state index contributed by atoms with van der Waals surface area (Å²) in [5, 5.41) is 0. The quantitative estimate of drug-likeness (QED) is 0.486. The van der Waals surface area contributed by atoms with Gasteiger partial charge in [0.05, 0.1) is 0 Å². The van der Waals surface area contributed by atoms with Gasteiger partial charge < -0.3 is 0 Å². The van der Waals surface area contributed by atoms with Crippen molar-refractivity contribution in [2.75, 3.05) is 0 Å². The molecule has 2 rings (SSSR count). The molecule has 0 nitrogen and oxygen atoms in total. The van der Waals surface area contributed by atoms with Gasteiger partial charge in [-0.3, -0.25) is 0 Å². The zero-order valence-corrected chi connectivity index (χ0v) is 20.0. The molecule has 0 aromatic rings. The molecule has 1 radical (unpaired) electrons. The van der Waals surface area contributed by atoms with Gasteiger partial charge in [0, 0.05) is 0 Å². The molecule has 0 aromatic heterocycles. The van der Waals surface area contributed by atoms with Crippen LogP contribution in [0.4, 0.5) is 0 Å². The van der Waals surface area contributed by atoms with Gasteiger partial charge in [0.1, 0.15) is 0 Å². The Balaban J connectivity index is 0.000000364. The van der Waals surface area contributed by atoms with Crippen LogP contribution in [0.2, 0.25) is 0 Å². The Morgan fingerprint density at radius 2 is 0.286 bits per heavy atom. The van der Waals surface area contributed by atoms with Gasteiger partial charge in [0.2, 0.25) is 0 Å². The fourth-order valence-electron chi connectivity index (χ4n) is 4.79. The Morgan fingerprint density at radius 1 is 0.238 bits per heavy atom. The molecule has 0 aliphatic heterocycles. The van der Waals surface area contributed by atoms with E-state index in [0.717, 1.165) is 59.2 Å². The summed E-state index contributed by atoms with van der Waals surface area (Å²) in [6, 6.07) is 0. The maximum absolute atomic E-state index is 2.40. The van der Waals surface area contributed by atoms with E-state index in [9.17, 15) is 0 Å². The van der Waals surface area contributed by atoms with Crippen molar-refractivity contribution in [1.82, 2.24) is 0 Å². The van der Waals surface area contributed by atoms with Crippen LogP contribution in [-0.2, 0) is 22.4 Å². The molecule has 0 aromatic carbocycles. The fourth-order valence-corrected chi connectivity index (χ4v) is 4.79. The number of hydrogen-bond acceptors (Lipinski definition) is 0. The van der Waals surface area contributed by atoms with Crippen molar-refractivity contribution in [3.05, 3.63) is 0 Å². The van der Waals surface area contributed by atoms with Crippen LogP contribution in [-0.4, -0.2) is 0 Å². The summed E-state index contributed by atoms with van der Waals surface area (Å²) in [6.07, 6.45) is 0. The molecule has 2 saturated carbocycles. The van der Waals surface area contributed by atoms with Crippen molar-refractivity contribution in [2.45, 2.75) is 69.2 Å². The SMILES string of the molecule is CC1C(C)C(C)C(C)C1C.CC1C(C)C(C)C(C)C1C.[NbH3]. The first-order valence-corrected chi connectivity index (χ1v) is 9.11. The monoisotopic (exact) mass is 376 g/mol. The normalized spacial score (nSPS) is 52.9. The minimum absolute atomic E-state index is 0. The van der Waals surface area contributed by atoms with Crippen LogP contribution in [0.15, 0.2) is 0 Å². The van der Waals surface area contributed by atoms with Gasteiger partial charge in [-0.25, -0.2) is 0 Å². The molecular weight excluding hydrogens is 333 g/mol. The first-order chi connectivity index (χ1) is 9.11. The van der Waals surface area contributed by atoms with Crippen LogP contribution in [0.25, 0.3) is 0 Å². The van der Waals surface area contributed by atoms with Gasteiger partial charge in [-0.05, 0) is 59.2 Å². The van der Waals surface area contributed by atoms with E-state index >= 15 is 0 Å². The summed E-state index contributed by atoms with van der Waals surface area (Å²) >= 11 is 0. The predicted octanol–water partition coefficient (Wildman–Crippen LogP) is 5.56. The molecule has 0 bridgehead atoms. The van der Waals surface area contributed by atoms with Crippen LogP contribution < -0.4 is 0 Å². The third-order valence-corrected chi connectivity index (χ3v) is 8.29. The zero-order valence-electron chi connectivity index (χ0n) is 16.5. The van der Waals surface area contributed by atoms with Crippen molar-refractivity contribution in [3.63, 3.8) is 0 Å². The van der Waals surface area contributed by atoms with E-state index in [2.05, 4.69) is 69.2 Å². The van der Waals surface area contributed by atoms with Crippen molar-refractivity contribution >= 4 is 0 Å². The Bertz CT molecular complexity index is 181. The van der Waals surface area contributed by atoms with Crippen LogP contribution in [0.3, 0.4) is 0 Å². The molecule has 1 heteroatoms. The summed E-state index contributed by atoms with van der Waals surface area (Å²) in [7, 11) is 0. The third-order valence-electron chi connectivity index (χ3n) is 8.29. The second-order valence-electron chi connectivity index (χ2n) is 8.59. The molecule has 2 aliphatic carbocycles. The Hall–Kier alpha value is 0.740. The van der Waals surface area contributed by atoms with Gasteiger partial charge in [0.25, 0.3) is 0 Å². The van der Waals surface area contributed by atoms with Gasteiger partial charge in [-0.15, -0.1) is 0 Å². The molecular formula is C20H43Nb. The average molecular weight is 376 g/mol. The first kappa shape index (κ1) is 21.7. The van der Waals surface area contributed by atoms with Gasteiger partial charge in [-0.1, -0.05) is 69.2 Å². The third kappa shape index (κ3) is 4.39. The molecule has 0 heterocycles. The fraction of sp³-hybridized carbons (Fsp3) is 1.00. The van der Waals surface area contributed by atoms with Crippen molar-refractivity contribution in [3.8, 4) is 0 Å². The molecule has 0 spiro atoms. The molecule has 0 unspecified atom stereocenters. The van der Waals surface area contributed by atoms with Gasteiger partial charge in [0.15, 0.2) is 0 Å². The van der Waals surface area contributed by atoms with E-state index in [1.165, 1.54) is 0 Å². The molecule has 0 N–H and O–H groups in total. The molecule has 128 valence electrons. The first-order valence-electron chi connectivity index (χ1n) is 9.11. The molecule has 2 fully saturated rings. The standard InChI is InChI=1S/2C10H20.Nb.3H/c2*1-6-7(2)9(4)10(5)8(6)3;;;;/h2*6-10H,1-5H3;;;;. The zero-order chi connectivity index (χ0) is 15.8. The summed E-state index contributed by atoms with van der Waals surface area (Å²) in [6.45, 7) is 24.0. The van der Waals surface area contributed by atoms with Crippen molar-refractivity contribution in [1.29, 1.82) is 0 Å². The Morgan fingerprint density at radius 3 is 0.333 bits per heavy atom. The number of rotatable bonds is 0. The van der Waals surface area contributed by atoms with Crippen molar-refractivity contribution < 1.29 is 22.4 Å². The Kier molecular flexibility index (Phi) is 8.85. The second-order valence-corrected chi connectivity index (χ2v) is 8.59. The van der Waals surface area contributed by atoms with Gasteiger partial charge >= 0.3 is 22.4 Å². The van der Waals surface area contributed by atoms with Crippen LogP contribution in [0, 0.1) is 59.2 Å². The van der Waals surface area contributed by atoms with E-state index in [0.29, 0.717) is 0 Å². The van der Waals surface area contributed by atoms with E-state index in [1.807, 2.05) is 0 Å². The topological polar surface area (TPSA) is 0 Å².